The first kappa shape index (κ1) is 16.8. The molecule has 2 aromatic heterocycles. The normalized spacial score (nSPS) is 15.6. The number of thiazole rings is 1. The Morgan fingerprint density at radius 1 is 1.20 bits per heavy atom. The molecule has 1 fully saturated rings. The summed E-state index contributed by atoms with van der Waals surface area (Å²) in [5, 5.41) is 1.30. The number of nitrogens with one attached hydrogen (secondary N) is 1. The summed E-state index contributed by atoms with van der Waals surface area (Å²) in [5.74, 6) is 1.30. The van der Waals surface area contributed by atoms with Crippen LogP contribution in [0.3, 0.4) is 0 Å². The van der Waals surface area contributed by atoms with Crippen molar-refractivity contribution in [2.24, 2.45) is 0 Å². The zero-order valence-electron chi connectivity index (χ0n) is 14.2. The van der Waals surface area contributed by atoms with E-state index in [4.69, 9.17) is 9.40 Å². The van der Waals surface area contributed by atoms with Crippen molar-refractivity contribution >= 4 is 23.3 Å². The predicted octanol–water partition coefficient (Wildman–Crippen LogP) is 5.74. The molecule has 4 nitrogen and oxygen atoms in total. The standard InChI is InChI=1S/C19H21N3OS2/c1-20-25-16-11-14(18-21-9-10-23-18)7-8-15(16)17-12-22-19(24-17)13-5-3-2-4-6-13/h7-13,20H,2-6H2,1H3. The molecular formula is C19H21N3OS2. The lowest BCUT2D eigenvalue weighted by molar-refractivity contribution is 0.442. The maximum Gasteiger partial charge on any atom is 0.225 e. The number of aromatic nitrogens is 2. The Labute approximate surface area is 156 Å². The van der Waals surface area contributed by atoms with Gasteiger partial charge < -0.3 is 4.42 Å². The maximum atomic E-state index is 5.43. The highest BCUT2D eigenvalue weighted by Crippen LogP contribution is 2.40. The van der Waals surface area contributed by atoms with Crippen molar-refractivity contribution in [1.82, 2.24) is 14.7 Å². The molecule has 0 saturated heterocycles. The average Bonchev–Trinajstić information content (AvgIpc) is 3.35. The zero-order valence-corrected chi connectivity index (χ0v) is 15.8. The van der Waals surface area contributed by atoms with Crippen LogP contribution in [0.25, 0.3) is 21.9 Å². The first-order chi connectivity index (χ1) is 12.3. The van der Waals surface area contributed by atoms with Crippen molar-refractivity contribution in [1.29, 1.82) is 0 Å². The summed E-state index contributed by atoms with van der Waals surface area (Å²) in [6.45, 7) is 0. The van der Waals surface area contributed by atoms with Crippen LogP contribution in [0.2, 0.25) is 0 Å². The lowest BCUT2D eigenvalue weighted by atomic mass is 9.90. The van der Waals surface area contributed by atoms with E-state index < -0.39 is 0 Å². The first-order valence-electron chi connectivity index (χ1n) is 8.69. The number of nitrogens with zero attached hydrogens (tertiary/aromatic N) is 2. The van der Waals surface area contributed by atoms with E-state index in [-0.39, 0.29) is 0 Å². The summed E-state index contributed by atoms with van der Waals surface area (Å²) in [7, 11) is 1.94. The molecular weight excluding hydrogens is 350 g/mol. The molecule has 130 valence electrons. The van der Waals surface area contributed by atoms with Gasteiger partial charge in [-0.25, -0.2) is 9.97 Å². The minimum Gasteiger partial charge on any atom is -0.445 e. The highest BCUT2D eigenvalue weighted by atomic mass is 32.2. The molecule has 1 aliphatic carbocycles. The fourth-order valence-corrected chi connectivity index (χ4v) is 5.25. The van der Waals surface area contributed by atoms with E-state index in [0.717, 1.165) is 10.5 Å². The van der Waals surface area contributed by atoms with E-state index in [9.17, 15) is 0 Å². The fraction of sp³-hybridized carbons (Fsp3) is 0.368. The number of hydrogen-bond donors (Lipinski definition) is 1. The highest BCUT2D eigenvalue weighted by molar-refractivity contribution is 7.97. The Hall–Kier alpha value is -1.63. The third kappa shape index (κ3) is 3.66. The van der Waals surface area contributed by atoms with Gasteiger partial charge in [0.25, 0.3) is 0 Å². The van der Waals surface area contributed by atoms with Gasteiger partial charge in [0, 0.05) is 28.1 Å². The molecule has 1 saturated carbocycles. The van der Waals surface area contributed by atoms with Crippen molar-refractivity contribution in [2.45, 2.75) is 42.9 Å². The average molecular weight is 372 g/mol. The number of rotatable bonds is 5. The third-order valence-corrected chi connectivity index (χ3v) is 6.57. The van der Waals surface area contributed by atoms with Gasteiger partial charge in [0.15, 0.2) is 0 Å². The Kier molecular flexibility index (Phi) is 5.20. The van der Waals surface area contributed by atoms with Gasteiger partial charge in [-0.05, 0) is 44.0 Å². The van der Waals surface area contributed by atoms with E-state index >= 15 is 0 Å². The van der Waals surface area contributed by atoms with Gasteiger partial charge in [0.2, 0.25) is 5.89 Å². The SMILES string of the molecule is CNSc1cc(-c2ncco2)ccc1-c1cnc(C2CCCCC2)s1. The van der Waals surface area contributed by atoms with Gasteiger partial charge in [-0.1, -0.05) is 25.3 Å². The molecule has 1 aliphatic rings. The van der Waals surface area contributed by atoms with Gasteiger partial charge >= 0.3 is 0 Å². The smallest absolute Gasteiger partial charge is 0.225 e. The lowest BCUT2D eigenvalue weighted by Gasteiger charge is -2.18. The van der Waals surface area contributed by atoms with Gasteiger partial charge in [0.05, 0.1) is 16.1 Å². The third-order valence-electron chi connectivity index (χ3n) is 4.62. The Balaban J connectivity index is 1.66. The summed E-state index contributed by atoms with van der Waals surface area (Å²) in [6, 6.07) is 6.35. The molecule has 6 heteroatoms. The second-order valence-corrected chi connectivity index (χ2v) is 8.37. The summed E-state index contributed by atoms with van der Waals surface area (Å²) < 4.78 is 8.62. The molecule has 0 amide bonds. The van der Waals surface area contributed by atoms with E-state index in [1.807, 2.05) is 24.6 Å². The zero-order chi connectivity index (χ0) is 17.1. The molecule has 0 radical (unpaired) electrons. The topological polar surface area (TPSA) is 51.0 Å². The van der Waals surface area contributed by atoms with Crippen LogP contribution in [0.4, 0.5) is 0 Å². The van der Waals surface area contributed by atoms with Crippen LogP contribution in [0.5, 0.6) is 0 Å². The van der Waals surface area contributed by atoms with Gasteiger partial charge in [0.1, 0.15) is 6.26 Å². The van der Waals surface area contributed by atoms with Crippen LogP contribution in [0.15, 0.2) is 46.2 Å². The van der Waals surface area contributed by atoms with E-state index in [1.54, 1.807) is 24.4 Å². The minimum absolute atomic E-state index is 0.650. The number of oxazole rings is 1. The summed E-state index contributed by atoms with van der Waals surface area (Å²) in [4.78, 5) is 11.4. The van der Waals surface area contributed by atoms with Crippen LogP contribution >= 0.6 is 23.3 Å². The minimum atomic E-state index is 0.650. The monoisotopic (exact) mass is 371 g/mol. The molecule has 0 aliphatic heterocycles. The summed E-state index contributed by atoms with van der Waals surface area (Å²) in [6.07, 6.45) is 11.9. The largest absolute Gasteiger partial charge is 0.445 e. The molecule has 4 rings (SSSR count). The van der Waals surface area contributed by atoms with E-state index in [0.29, 0.717) is 11.8 Å². The Morgan fingerprint density at radius 2 is 2.08 bits per heavy atom. The highest BCUT2D eigenvalue weighted by Gasteiger charge is 2.20. The van der Waals surface area contributed by atoms with Crippen LogP contribution in [0.1, 0.15) is 43.0 Å². The second-order valence-electron chi connectivity index (χ2n) is 6.25. The molecule has 3 aromatic rings. The molecule has 0 unspecified atom stereocenters. The maximum absolute atomic E-state index is 5.43. The van der Waals surface area contributed by atoms with Crippen molar-refractivity contribution in [3.05, 3.63) is 41.9 Å². The Morgan fingerprint density at radius 3 is 2.84 bits per heavy atom. The second kappa shape index (κ2) is 7.72. The van der Waals surface area contributed by atoms with Gasteiger partial charge in [-0.15, -0.1) is 11.3 Å². The van der Waals surface area contributed by atoms with Crippen molar-refractivity contribution in [2.75, 3.05) is 7.05 Å². The Bertz CT molecular complexity index is 823. The number of benzene rings is 1. The summed E-state index contributed by atoms with van der Waals surface area (Å²) >= 11 is 3.46. The van der Waals surface area contributed by atoms with Crippen molar-refractivity contribution in [3.8, 4) is 21.9 Å². The lowest BCUT2D eigenvalue weighted by Crippen LogP contribution is -2.03. The van der Waals surface area contributed by atoms with Gasteiger partial charge in [-0.2, -0.15) is 0 Å². The predicted molar refractivity (Wildman–Crippen MR) is 104 cm³/mol. The van der Waals surface area contributed by atoms with Gasteiger partial charge in [-0.3, -0.25) is 4.72 Å². The quantitative estimate of drug-likeness (QED) is 0.580. The van der Waals surface area contributed by atoms with Crippen LogP contribution < -0.4 is 4.72 Å². The van der Waals surface area contributed by atoms with Crippen LogP contribution in [0, 0.1) is 0 Å². The molecule has 25 heavy (non-hydrogen) atoms. The first-order valence-corrected chi connectivity index (χ1v) is 10.3. The van der Waals surface area contributed by atoms with Crippen molar-refractivity contribution < 1.29 is 4.42 Å². The molecule has 2 heterocycles. The van der Waals surface area contributed by atoms with Crippen LogP contribution in [-0.2, 0) is 0 Å². The summed E-state index contributed by atoms with van der Waals surface area (Å²) in [5.41, 5.74) is 2.21. The fourth-order valence-electron chi connectivity index (χ4n) is 3.37. The van der Waals surface area contributed by atoms with Crippen LogP contribution in [-0.4, -0.2) is 17.0 Å². The molecule has 1 N–H and O–H groups in total. The molecule has 0 bridgehead atoms. The molecule has 1 aromatic carbocycles. The molecule has 0 spiro atoms. The van der Waals surface area contributed by atoms with Crippen molar-refractivity contribution in [3.63, 3.8) is 0 Å². The van der Waals surface area contributed by atoms with E-state index in [1.165, 1.54) is 47.6 Å². The van der Waals surface area contributed by atoms with E-state index in [2.05, 4.69) is 27.9 Å². The number of hydrogen-bond acceptors (Lipinski definition) is 6. The molecule has 0 atom stereocenters.